The summed E-state index contributed by atoms with van der Waals surface area (Å²) in [6.07, 6.45) is 0. The molecule has 0 unspecified atom stereocenters. The molecule has 0 saturated heterocycles. The van der Waals surface area contributed by atoms with Gasteiger partial charge in [0.25, 0.3) is 0 Å². The molecule has 0 atom stereocenters. The molecule has 0 heterocycles. The van der Waals surface area contributed by atoms with Gasteiger partial charge in [0.2, 0.25) is 0 Å². The predicted octanol–water partition coefficient (Wildman–Crippen LogP) is 3.98. The first-order valence-corrected chi connectivity index (χ1v) is 5.73. The van der Waals surface area contributed by atoms with Crippen LogP contribution in [-0.2, 0) is 0 Å². The first-order chi connectivity index (χ1) is 4.86. The van der Waals surface area contributed by atoms with Gasteiger partial charge in [0.1, 0.15) is 0 Å². The summed E-state index contributed by atoms with van der Waals surface area (Å²) in [4.78, 5) is 1.93. The topological polar surface area (TPSA) is 0 Å². The van der Waals surface area contributed by atoms with Gasteiger partial charge in [0.05, 0.1) is 0 Å². The zero-order valence-corrected chi connectivity index (χ0v) is 7.95. The average molecular weight is 210 g/mol. The molecule has 1 aromatic carbocycles. The molecular formula is C6H3Cl2S2. The van der Waals surface area contributed by atoms with Crippen molar-refractivity contribution >= 4 is 43.3 Å². The average Bonchev–Trinajstić information content (AvgIpc) is 2.05. The molecule has 0 aliphatic rings. The summed E-state index contributed by atoms with van der Waals surface area (Å²) in [6, 6.07) is 8.46. The summed E-state index contributed by atoms with van der Waals surface area (Å²) < 4.78 is 0. The molecule has 1 aromatic rings. The number of hydrogen-bond donors (Lipinski definition) is 0. The first kappa shape index (κ1) is 8.60. The lowest BCUT2D eigenvalue weighted by atomic mass is 10.4. The number of halogens is 2. The van der Waals surface area contributed by atoms with Crippen molar-refractivity contribution < 1.29 is 0 Å². The first-order valence-electron chi connectivity index (χ1n) is 2.45. The molecule has 0 N–H and O–H groups in total. The fourth-order valence-electron chi connectivity index (χ4n) is 0.519. The molecule has 1 radical (unpaired) electrons. The minimum atomic E-state index is 0.965. The lowest BCUT2D eigenvalue weighted by Gasteiger charge is -1.94. The van der Waals surface area contributed by atoms with Gasteiger partial charge in [-0.05, 0) is 67.6 Å². The van der Waals surface area contributed by atoms with Crippen LogP contribution in [0.25, 0.3) is 0 Å². The van der Waals surface area contributed by atoms with Crippen LogP contribution in [0, 0.1) is 6.07 Å². The summed E-state index contributed by atoms with van der Waals surface area (Å²) in [6.45, 7) is 0. The van der Waals surface area contributed by atoms with Crippen molar-refractivity contribution in [3.05, 3.63) is 24.3 Å². The highest BCUT2D eigenvalue weighted by Gasteiger charge is 1.93. The lowest BCUT2D eigenvalue weighted by Crippen LogP contribution is -1.68. The smallest absolute Gasteiger partial charge is 0.0251 e. The zero-order chi connectivity index (χ0) is 7.40. The van der Waals surface area contributed by atoms with E-state index in [1.807, 2.05) is 18.2 Å². The summed E-state index contributed by atoms with van der Waals surface area (Å²) >= 11 is 0. The van der Waals surface area contributed by atoms with Crippen molar-refractivity contribution in [2.24, 2.45) is 0 Å². The van der Waals surface area contributed by atoms with E-state index < -0.39 is 0 Å². The predicted molar refractivity (Wildman–Crippen MR) is 48.7 cm³/mol. The molecule has 0 aliphatic heterocycles. The standard InChI is InChI=1S/C6H3Cl2S2/c7-9-5-2-1-3-6(4-5)10-8/h2-4H. The molecule has 4 heteroatoms. The van der Waals surface area contributed by atoms with Crippen molar-refractivity contribution in [2.75, 3.05) is 0 Å². The Morgan fingerprint density at radius 3 is 2.00 bits per heavy atom. The second-order valence-corrected chi connectivity index (χ2v) is 3.74. The van der Waals surface area contributed by atoms with Crippen LogP contribution in [0.3, 0.4) is 0 Å². The quantitative estimate of drug-likeness (QED) is 0.724. The molecule has 0 bridgehead atoms. The molecule has 0 amide bonds. The molecule has 0 nitrogen and oxygen atoms in total. The monoisotopic (exact) mass is 209 g/mol. The minimum absolute atomic E-state index is 0.965. The summed E-state index contributed by atoms with van der Waals surface area (Å²) in [5, 5.41) is 0. The zero-order valence-electron chi connectivity index (χ0n) is 4.80. The van der Waals surface area contributed by atoms with E-state index in [-0.39, 0.29) is 0 Å². The van der Waals surface area contributed by atoms with Crippen molar-refractivity contribution in [3.63, 3.8) is 0 Å². The summed E-state index contributed by atoms with van der Waals surface area (Å²) in [5.41, 5.74) is 0. The Hall–Kier alpha value is 0.500. The Labute approximate surface area is 77.3 Å². The highest BCUT2D eigenvalue weighted by Crippen LogP contribution is 2.28. The molecule has 1 rings (SSSR count). The molecule has 0 fully saturated rings. The lowest BCUT2D eigenvalue weighted by molar-refractivity contribution is 1.34. The van der Waals surface area contributed by atoms with Crippen LogP contribution in [0.5, 0.6) is 0 Å². The van der Waals surface area contributed by atoms with Crippen LogP contribution in [0.2, 0.25) is 0 Å². The molecular weight excluding hydrogens is 207 g/mol. The summed E-state index contributed by atoms with van der Waals surface area (Å²) in [5.74, 6) is 0. The van der Waals surface area contributed by atoms with E-state index in [4.69, 9.17) is 21.4 Å². The summed E-state index contributed by atoms with van der Waals surface area (Å²) in [7, 11) is 13.3. The van der Waals surface area contributed by atoms with Crippen LogP contribution >= 0.6 is 43.3 Å². The van der Waals surface area contributed by atoms with Gasteiger partial charge in [-0.15, -0.1) is 0 Å². The highest BCUT2D eigenvalue weighted by atomic mass is 35.7. The maximum Gasteiger partial charge on any atom is 0.0251 e. The van der Waals surface area contributed by atoms with Crippen molar-refractivity contribution in [3.8, 4) is 0 Å². The molecule has 10 heavy (non-hydrogen) atoms. The van der Waals surface area contributed by atoms with Gasteiger partial charge < -0.3 is 0 Å². The number of rotatable bonds is 2. The van der Waals surface area contributed by atoms with Crippen LogP contribution in [0.4, 0.5) is 0 Å². The third-order valence-corrected chi connectivity index (χ3v) is 2.81. The van der Waals surface area contributed by atoms with Crippen LogP contribution in [0.15, 0.2) is 28.0 Å². The maximum atomic E-state index is 5.50. The Morgan fingerprint density at radius 2 is 1.60 bits per heavy atom. The van der Waals surface area contributed by atoms with E-state index in [9.17, 15) is 0 Å². The third-order valence-electron chi connectivity index (χ3n) is 0.914. The highest BCUT2D eigenvalue weighted by molar-refractivity contribution is 8.21. The van der Waals surface area contributed by atoms with Crippen LogP contribution in [0.1, 0.15) is 0 Å². The number of benzene rings is 1. The number of hydrogen-bond acceptors (Lipinski definition) is 2. The van der Waals surface area contributed by atoms with Gasteiger partial charge in [0.15, 0.2) is 0 Å². The van der Waals surface area contributed by atoms with E-state index in [0.29, 0.717) is 0 Å². The Morgan fingerprint density at radius 1 is 1.10 bits per heavy atom. The molecule has 0 spiro atoms. The normalized spacial score (nSPS) is 9.80. The minimum Gasteiger partial charge on any atom is -0.0394 e. The van der Waals surface area contributed by atoms with Gasteiger partial charge in [0, 0.05) is 9.79 Å². The molecule has 53 valence electrons. The Kier molecular flexibility index (Phi) is 3.78. The molecule has 0 aliphatic carbocycles. The van der Waals surface area contributed by atoms with E-state index in [0.717, 1.165) is 9.79 Å². The van der Waals surface area contributed by atoms with Gasteiger partial charge in [-0.1, -0.05) is 0 Å². The van der Waals surface area contributed by atoms with Crippen LogP contribution < -0.4 is 0 Å². The van der Waals surface area contributed by atoms with E-state index in [2.05, 4.69) is 6.07 Å². The van der Waals surface area contributed by atoms with E-state index in [1.165, 1.54) is 22.0 Å². The van der Waals surface area contributed by atoms with Crippen molar-refractivity contribution in [1.29, 1.82) is 0 Å². The second kappa shape index (κ2) is 4.39. The van der Waals surface area contributed by atoms with Gasteiger partial charge >= 0.3 is 0 Å². The SMILES string of the molecule is ClSc1c[c]cc(SCl)c1. The van der Waals surface area contributed by atoms with Gasteiger partial charge in [-0.25, -0.2) is 0 Å². The van der Waals surface area contributed by atoms with E-state index in [1.54, 1.807) is 0 Å². The Balaban J connectivity index is 2.87. The molecule has 0 aromatic heterocycles. The second-order valence-electron chi connectivity index (χ2n) is 1.56. The molecule has 0 saturated carbocycles. The fourth-order valence-corrected chi connectivity index (χ4v) is 1.70. The fraction of sp³-hybridized carbons (Fsp3) is 0. The third kappa shape index (κ3) is 2.27. The van der Waals surface area contributed by atoms with E-state index >= 15 is 0 Å². The Bertz CT molecular complexity index is 195. The van der Waals surface area contributed by atoms with Crippen molar-refractivity contribution in [1.82, 2.24) is 0 Å². The maximum absolute atomic E-state index is 5.50. The van der Waals surface area contributed by atoms with Crippen molar-refractivity contribution in [2.45, 2.75) is 9.79 Å². The van der Waals surface area contributed by atoms with Gasteiger partial charge in [-0.2, -0.15) is 0 Å². The van der Waals surface area contributed by atoms with Gasteiger partial charge in [-0.3, -0.25) is 0 Å². The van der Waals surface area contributed by atoms with Crippen LogP contribution in [-0.4, -0.2) is 0 Å². The largest absolute Gasteiger partial charge is 0.0394 e.